The molecule has 0 bridgehead atoms. The lowest BCUT2D eigenvalue weighted by atomic mass is 9.88. The van der Waals surface area contributed by atoms with Crippen molar-refractivity contribution in [3.63, 3.8) is 0 Å². The summed E-state index contributed by atoms with van der Waals surface area (Å²) < 4.78 is 15.6. The zero-order valence-corrected chi connectivity index (χ0v) is 19.2. The van der Waals surface area contributed by atoms with E-state index in [-0.39, 0.29) is 30.1 Å². The number of esters is 1. The molecular formula is C21H38N3O6-. The van der Waals surface area contributed by atoms with Crippen LogP contribution in [0.5, 0.6) is 0 Å². The van der Waals surface area contributed by atoms with Crippen LogP contribution < -0.4 is 16.2 Å². The SMILES string of the molecule is CC(C)(C)OC(=N)[O-].CCOC(=O)C1=C[C@@H](OC(CC)CC)[C@H](NC(C)=O)[C@@H](N)C1. The second kappa shape index (κ2) is 13.2. The molecule has 0 aromatic carbocycles. The third-order valence-electron chi connectivity index (χ3n) is 4.20. The Hall–Kier alpha value is -2.13. The van der Waals surface area contributed by atoms with Crippen molar-refractivity contribution >= 4 is 18.0 Å². The van der Waals surface area contributed by atoms with E-state index in [0.717, 1.165) is 12.8 Å². The number of hydrogen-bond donors (Lipinski definition) is 3. The molecule has 0 aliphatic heterocycles. The molecule has 1 rings (SSSR count). The third-order valence-corrected chi connectivity index (χ3v) is 4.20. The molecule has 174 valence electrons. The van der Waals surface area contributed by atoms with Gasteiger partial charge >= 0.3 is 5.97 Å². The van der Waals surface area contributed by atoms with Crippen molar-refractivity contribution in [1.29, 1.82) is 5.41 Å². The quantitative estimate of drug-likeness (QED) is 0.315. The standard InChI is InChI=1S/C16H28N2O4.C5H11NO2/c1-5-12(6-2)22-14-9-11(16(20)21-7-3)8-13(17)15(14)18-10(4)19;1-5(2,3)8-4(6)7/h9,12-15H,5-8,17H2,1-4H3,(H,18,19);1-3H3,(H2,6,7)/p-1/t13-,14+,15+;/m0./s1. The second-order valence-electron chi connectivity index (χ2n) is 8.05. The van der Waals surface area contributed by atoms with Gasteiger partial charge in [0.15, 0.2) is 0 Å². The van der Waals surface area contributed by atoms with Crippen molar-refractivity contribution < 1.29 is 28.9 Å². The number of carbonyl (C=O) groups is 2. The van der Waals surface area contributed by atoms with Crippen molar-refractivity contribution in [2.75, 3.05) is 6.61 Å². The highest BCUT2D eigenvalue weighted by molar-refractivity contribution is 5.89. The smallest absolute Gasteiger partial charge is 0.333 e. The summed E-state index contributed by atoms with van der Waals surface area (Å²) in [4.78, 5) is 23.4. The summed E-state index contributed by atoms with van der Waals surface area (Å²) in [7, 11) is 0. The summed E-state index contributed by atoms with van der Waals surface area (Å²) in [5.74, 6) is -0.524. The molecule has 1 amide bonds. The van der Waals surface area contributed by atoms with Crippen LogP contribution in [0.4, 0.5) is 0 Å². The molecule has 1 aliphatic rings. The Labute approximate surface area is 179 Å². The van der Waals surface area contributed by atoms with E-state index in [1.54, 1.807) is 33.8 Å². The zero-order chi connectivity index (χ0) is 23.5. The van der Waals surface area contributed by atoms with E-state index < -0.39 is 17.8 Å². The van der Waals surface area contributed by atoms with Crippen LogP contribution >= 0.6 is 0 Å². The van der Waals surface area contributed by atoms with E-state index in [1.807, 2.05) is 13.8 Å². The lowest BCUT2D eigenvalue weighted by molar-refractivity contribution is -0.262. The van der Waals surface area contributed by atoms with Crippen molar-refractivity contribution in [1.82, 2.24) is 5.32 Å². The monoisotopic (exact) mass is 428 g/mol. The summed E-state index contributed by atoms with van der Waals surface area (Å²) in [5, 5.41) is 19.1. The number of ether oxygens (including phenoxy) is 3. The summed E-state index contributed by atoms with van der Waals surface area (Å²) in [6, 6.07) is -0.719. The van der Waals surface area contributed by atoms with Crippen molar-refractivity contribution in [3.8, 4) is 0 Å². The molecule has 0 aromatic rings. The lowest BCUT2D eigenvalue weighted by Crippen LogP contribution is -2.57. The molecular weight excluding hydrogens is 390 g/mol. The highest BCUT2D eigenvalue weighted by Crippen LogP contribution is 2.24. The van der Waals surface area contributed by atoms with Crippen molar-refractivity contribution in [2.45, 2.75) is 97.6 Å². The van der Waals surface area contributed by atoms with Gasteiger partial charge in [-0.15, -0.1) is 0 Å². The fraction of sp³-hybridized carbons (Fsp3) is 0.762. The molecule has 0 aromatic heterocycles. The van der Waals surface area contributed by atoms with Crippen LogP contribution in [-0.4, -0.2) is 54.5 Å². The first kappa shape index (κ1) is 27.9. The molecule has 0 radical (unpaired) electrons. The van der Waals surface area contributed by atoms with Crippen molar-refractivity contribution in [2.24, 2.45) is 5.73 Å². The predicted molar refractivity (Wildman–Crippen MR) is 113 cm³/mol. The van der Waals surface area contributed by atoms with Gasteiger partial charge in [-0.1, -0.05) is 34.6 Å². The summed E-state index contributed by atoms with van der Waals surface area (Å²) in [5.41, 5.74) is 6.16. The molecule has 0 heterocycles. The average molecular weight is 429 g/mol. The molecule has 30 heavy (non-hydrogen) atoms. The Morgan fingerprint density at radius 2 is 1.87 bits per heavy atom. The van der Waals surface area contributed by atoms with E-state index in [9.17, 15) is 14.7 Å². The highest BCUT2D eigenvalue weighted by Gasteiger charge is 2.35. The summed E-state index contributed by atoms with van der Waals surface area (Å²) >= 11 is 0. The molecule has 0 unspecified atom stereocenters. The van der Waals surface area contributed by atoms with Gasteiger partial charge in [-0.2, -0.15) is 0 Å². The molecule has 1 aliphatic carbocycles. The van der Waals surface area contributed by atoms with Crippen LogP contribution in [0.2, 0.25) is 0 Å². The van der Waals surface area contributed by atoms with E-state index >= 15 is 0 Å². The Morgan fingerprint density at radius 3 is 2.23 bits per heavy atom. The van der Waals surface area contributed by atoms with Crippen LogP contribution in [0.1, 0.15) is 67.7 Å². The minimum Gasteiger partial charge on any atom is -0.595 e. The Balaban J connectivity index is 0.000000890. The molecule has 3 atom stereocenters. The predicted octanol–water partition coefficient (Wildman–Crippen LogP) is 1.38. The topological polar surface area (TPSA) is 147 Å². The van der Waals surface area contributed by atoms with Gasteiger partial charge in [0.25, 0.3) is 0 Å². The molecule has 0 saturated carbocycles. The fourth-order valence-electron chi connectivity index (χ4n) is 2.90. The maximum absolute atomic E-state index is 12.0. The first-order valence-electron chi connectivity index (χ1n) is 10.3. The normalized spacial score (nSPS) is 21.1. The average Bonchev–Trinajstić information content (AvgIpc) is 2.60. The van der Waals surface area contributed by atoms with Crippen LogP contribution in [0.25, 0.3) is 0 Å². The Bertz CT molecular complexity index is 596. The maximum atomic E-state index is 12.0. The molecule has 9 heteroatoms. The van der Waals surface area contributed by atoms with Crippen molar-refractivity contribution in [3.05, 3.63) is 11.6 Å². The maximum Gasteiger partial charge on any atom is 0.333 e. The number of amides is 1. The van der Waals surface area contributed by atoms with E-state index in [0.29, 0.717) is 18.6 Å². The molecule has 0 saturated heterocycles. The van der Waals surface area contributed by atoms with Gasteiger partial charge in [-0.05, 0) is 32.3 Å². The zero-order valence-electron chi connectivity index (χ0n) is 19.2. The van der Waals surface area contributed by atoms with Crippen LogP contribution in [0, 0.1) is 5.41 Å². The number of nitrogens with one attached hydrogen (secondary N) is 2. The molecule has 9 nitrogen and oxygen atoms in total. The van der Waals surface area contributed by atoms with E-state index in [4.69, 9.17) is 20.6 Å². The second-order valence-corrected chi connectivity index (χ2v) is 8.05. The minimum absolute atomic E-state index is 0.0613. The lowest BCUT2D eigenvalue weighted by Gasteiger charge is -2.36. The highest BCUT2D eigenvalue weighted by atomic mass is 16.6. The van der Waals surface area contributed by atoms with Gasteiger partial charge in [-0.3, -0.25) is 10.2 Å². The van der Waals surface area contributed by atoms with Crippen LogP contribution in [0.15, 0.2) is 11.6 Å². The van der Waals surface area contributed by atoms with Gasteiger partial charge in [0.2, 0.25) is 5.91 Å². The number of rotatable bonds is 7. The largest absolute Gasteiger partial charge is 0.595 e. The van der Waals surface area contributed by atoms with Gasteiger partial charge in [-0.25, -0.2) is 4.79 Å². The minimum atomic E-state index is -0.975. The molecule has 0 fully saturated rings. The van der Waals surface area contributed by atoms with E-state index in [2.05, 4.69) is 10.1 Å². The molecule has 0 spiro atoms. The summed E-state index contributed by atoms with van der Waals surface area (Å²) in [6.07, 6.45) is 2.50. The van der Waals surface area contributed by atoms with Gasteiger partial charge in [0, 0.05) is 24.1 Å². The molecule has 4 N–H and O–H groups in total. The third kappa shape index (κ3) is 11.2. The van der Waals surface area contributed by atoms with Crippen LogP contribution in [0.3, 0.4) is 0 Å². The fourth-order valence-corrected chi connectivity index (χ4v) is 2.90. The van der Waals surface area contributed by atoms with E-state index in [1.165, 1.54) is 6.92 Å². The first-order chi connectivity index (χ1) is 13.8. The number of hydrogen-bond acceptors (Lipinski definition) is 8. The van der Waals surface area contributed by atoms with Gasteiger partial charge in [0.05, 0.1) is 24.9 Å². The summed E-state index contributed by atoms with van der Waals surface area (Å²) in [6.45, 7) is 12.8. The number of carbonyl (C=O) groups excluding carboxylic acids is 2. The number of nitrogens with two attached hydrogens (primary N) is 1. The van der Waals surface area contributed by atoms with Gasteiger partial charge < -0.3 is 30.4 Å². The van der Waals surface area contributed by atoms with Gasteiger partial charge in [0.1, 0.15) is 6.08 Å². The van der Waals surface area contributed by atoms with Crippen LogP contribution in [-0.2, 0) is 23.8 Å². The Kier molecular flexibility index (Phi) is 12.3. The Morgan fingerprint density at radius 1 is 1.30 bits per heavy atom. The first-order valence-corrected chi connectivity index (χ1v) is 10.3.